The molecule has 8 heteroatoms. The molecular formula is C38H43F3N4O. The maximum atomic E-state index is 13.6. The van der Waals surface area contributed by atoms with Crippen molar-refractivity contribution in [3.8, 4) is 0 Å². The number of likely N-dealkylation sites (N-methyl/N-ethyl adjacent to an activating group) is 2. The topological polar surface area (TPSA) is 63.3 Å². The minimum Gasteiger partial charge on any atom is -0.350 e. The molecule has 0 aliphatic carbocycles. The monoisotopic (exact) mass is 628 g/mol. The lowest BCUT2D eigenvalue weighted by atomic mass is 9.90. The summed E-state index contributed by atoms with van der Waals surface area (Å²) >= 11 is 0. The molecule has 0 bridgehead atoms. The Kier molecular flexibility index (Phi) is 10.6. The van der Waals surface area contributed by atoms with Gasteiger partial charge in [0.25, 0.3) is 0 Å². The van der Waals surface area contributed by atoms with E-state index in [9.17, 15) is 18.0 Å². The van der Waals surface area contributed by atoms with Crippen LogP contribution in [0.4, 0.5) is 13.2 Å². The first-order valence-electron chi connectivity index (χ1n) is 15.8. The smallest absolute Gasteiger partial charge is 0.350 e. The van der Waals surface area contributed by atoms with Crippen molar-refractivity contribution in [2.24, 2.45) is 18.7 Å². The Morgan fingerprint density at radius 1 is 0.913 bits per heavy atom. The summed E-state index contributed by atoms with van der Waals surface area (Å²) in [5.74, 6) is -0.125. The molecule has 5 rings (SSSR count). The molecule has 0 saturated carbocycles. The third-order valence-corrected chi connectivity index (χ3v) is 8.92. The number of carbonyl (C=O) groups is 1. The number of halogens is 3. The van der Waals surface area contributed by atoms with Crippen LogP contribution in [0.5, 0.6) is 0 Å². The third-order valence-electron chi connectivity index (χ3n) is 8.92. The first kappa shape index (κ1) is 33.4. The van der Waals surface area contributed by atoms with Gasteiger partial charge in [0, 0.05) is 62.7 Å². The van der Waals surface area contributed by atoms with E-state index in [-0.39, 0.29) is 37.1 Å². The number of aromatic nitrogens is 1. The molecule has 2 atom stereocenters. The van der Waals surface area contributed by atoms with Crippen LogP contribution in [0.2, 0.25) is 0 Å². The summed E-state index contributed by atoms with van der Waals surface area (Å²) in [6, 6.07) is 27.1. The molecule has 1 aromatic heterocycles. The normalized spacial score (nSPS) is 13.5. The average Bonchev–Trinajstić information content (AvgIpc) is 3.34. The highest BCUT2D eigenvalue weighted by Gasteiger charge is 2.31. The zero-order valence-corrected chi connectivity index (χ0v) is 26.8. The molecule has 5 aromatic rings. The van der Waals surface area contributed by atoms with Crippen LogP contribution in [-0.2, 0) is 43.8 Å². The SMILES string of the molecule is CNC[C@H](Cc1ccc2ccccc2c1)N(C)C[C@H](CC(=O)Cc1cc(CN)cc(C(F)(F)F)c1)Cc1cn(C)c2ccccc12. The summed E-state index contributed by atoms with van der Waals surface area (Å²) in [5, 5.41) is 6.91. The van der Waals surface area contributed by atoms with Crippen molar-refractivity contribution in [1.82, 2.24) is 14.8 Å². The number of aryl methyl sites for hydroxylation is 1. The van der Waals surface area contributed by atoms with Crippen molar-refractivity contribution in [3.05, 3.63) is 119 Å². The predicted octanol–water partition coefficient (Wildman–Crippen LogP) is 6.93. The lowest BCUT2D eigenvalue weighted by molar-refractivity contribution is -0.137. The van der Waals surface area contributed by atoms with E-state index in [1.165, 1.54) is 16.3 Å². The molecule has 0 fully saturated rings. The van der Waals surface area contributed by atoms with Gasteiger partial charge in [0.05, 0.1) is 5.56 Å². The minimum atomic E-state index is -4.50. The number of fused-ring (bicyclic) bond motifs is 2. The number of benzene rings is 4. The van der Waals surface area contributed by atoms with E-state index in [4.69, 9.17) is 5.73 Å². The van der Waals surface area contributed by atoms with E-state index in [1.807, 2.05) is 32.3 Å². The van der Waals surface area contributed by atoms with Gasteiger partial charge in [-0.15, -0.1) is 0 Å². The second kappa shape index (κ2) is 14.6. The van der Waals surface area contributed by atoms with Crippen LogP contribution in [0.15, 0.2) is 91.1 Å². The number of nitrogens with zero attached hydrogens (tertiary/aromatic N) is 2. The zero-order chi connectivity index (χ0) is 32.8. The standard InChI is InChI=1S/C38H43F3N4O/c1-43-23-34(19-26-12-13-30-8-4-5-9-31(30)15-26)44(2)24-29(16-32-25-45(3)37-11-7-6-10-36(32)37)21-35(46)20-27-14-28(22-42)18-33(17-27)38(39,40)41/h4-15,17-18,25,29,34,43H,16,19-24,42H2,1-3H3/t29-,34-/m0/s1. The van der Waals surface area contributed by atoms with Gasteiger partial charge in [0.15, 0.2) is 0 Å². The van der Waals surface area contributed by atoms with Gasteiger partial charge >= 0.3 is 6.18 Å². The molecule has 1 heterocycles. The summed E-state index contributed by atoms with van der Waals surface area (Å²) < 4.78 is 42.8. The number of hydrogen-bond acceptors (Lipinski definition) is 4. The number of Topliss-reactive ketones (excluding diaryl/α,β-unsaturated/α-hetero) is 1. The number of rotatable bonds is 14. The Morgan fingerprint density at radius 3 is 2.37 bits per heavy atom. The molecular weight excluding hydrogens is 585 g/mol. The highest BCUT2D eigenvalue weighted by molar-refractivity contribution is 5.85. The number of para-hydroxylation sites is 1. The van der Waals surface area contributed by atoms with Gasteiger partial charge in [0.1, 0.15) is 5.78 Å². The maximum absolute atomic E-state index is 13.6. The van der Waals surface area contributed by atoms with Crippen LogP contribution in [0, 0.1) is 5.92 Å². The molecule has 0 unspecified atom stereocenters. The lowest BCUT2D eigenvalue weighted by Crippen LogP contribution is -2.43. The van der Waals surface area contributed by atoms with E-state index in [0.717, 1.165) is 41.6 Å². The predicted molar refractivity (Wildman–Crippen MR) is 181 cm³/mol. The number of ketones is 1. The van der Waals surface area contributed by atoms with Gasteiger partial charge in [-0.3, -0.25) is 4.79 Å². The van der Waals surface area contributed by atoms with Crippen LogP contribution in [0.1, 0.15) is 34.2 Å². The molecule has 5 nitrogen and oxygen atoms in total. The molecule has 0 spiro atoms. The molecule has 242 valence electrons. The van der Waals surface area contributed by atoms with Crippen molar-refractivity contribution < 1.29 is 18.0 Å². The Balaban J connectivity index is 1.38. The largest absolute Gasteiger partial charge is 0.416 e. The maximum Gasteiger partial charge on any atom is 0.416 e. The highest BCUT2D eigenvalue weighted by Crippen LogP contribution is 2.31. The molecule has 3 N–H and O–H groups in total. The van der Waals surface area contributed by atoms with Gasteiger partial charge in [-0.1, -0.05) is 66.7 Å². The van der Waals surface area contributed by atoms with Crippen molar-refractivity contribution in [2.75, 3.05) is 27.2 Å². The first-order valence-corrected chi connectivity index (χ1v) is 15.8. The Bertz CT molecular complexity index is 1790. The molecule has 0 aliphatic rings. The van der Waals surface area contributed by atoms with Crippen LogP contribution in [0.25, 0.3) is 21.7 Å². The number of hydrogen-bond donors (Lipinski definition) is 2. The van der Waals surface area contributed by atoms with Crippen LogP contribution in [0.3, 0.4) is 0 Å². The van der Waals surface area contributed by atoms with E-state index >= 15 is 0 Å². The summed E-state index contributed by atoms with van der Waals surface area (Å²) in [4.78, 5) is 15.9. The summed E-state index contributed by atoms with van der Waals surface area (Å²) in [6.07, 6.45) is -0.675. The van der Waals surface area contributed by atoms with Crippen LogP contribution < -0.4 is 11.1 Å². The van der Waals surface area contributed by atoms with Crippen molar-refractivity contribution in [2.45, 2.75) is 44.4 Å². The van der Waals surface area contributed by atoms with Crippen molar-refractivity contribution in [3.63, 3.8) is 0 Å². The van der Waals surface area contributed by atoms with Gasteiger partial charge in [-0.2, -0.15) is 13.2 Å². The molecule has 4 aromatic carbocycles. The summed E-state index contributed by atoms with van der Waals surface area (Å²) in [5.41, 5.74) is 9.18. The Hall–Kier alpha value is -3.98. The number of nitrogens with one attached hydrogen (secondary N) is 1. The fraction of sp³-hybridized carbons (Fsp3) is 0.342. The Labute approximate surface area is 269 Å². The van der Waals surface area contributed by atoms with Crippen LogP contribution in [-0.4, -0.2) is 48.5 Å². The fourth-order valence-electron chi connectivity index (χ4n) is 6.68. The van der Waals surface area contributed by atoms with Gasteiger partial charge in [0.2, 0.25) is 0 Å². The average molecular weight is 629 g/mol. The van der Waals surface area contributed by atoms with Crippen LogP contribution >= 0.6 is 0 Å². The van der Waals surface area contributed by atoms with Gasteiger partial charge in [-0.25, -0.2) is 0 Å². The van der Waals surface area contributed by atoms with Crippen molar-refractivity contribution >= 4 is 27.5 Å². The molecule has 0 aliphatic heterocycles. The van der Waals surface area contributed by atoms with Gasteiger partial charge < -0.3 is 20.5 Å². The quantitative estimate of drug-likeness (QED) is 0.140. The number of carbonyl (C=O) groups excluding carboxylic acids is 1. The van der Waals surface area contributed by atoms with E-state index in [0.29, 0.717) is 24.1 Å². The zero-order valence-electron chi connectivity index (χ0n) is 26.8. The molecule has 46 heavy (non-hydrogen) atoms. The Morgan fingerprint density at radius 2 is 1.63 bits per heavy atom. The highest BCUT2D eigenvalue weighted by atomic mass is 19.4. The second-order valence-corrected chi connectivity index (χ2v) is 12.5. The van der Waals surface area contributed by atoms with E-state index in [1.54, 1.807) is 6.07 Å². The van der Waals surface area contributed by atoms with Gasteiger partial charge in [-0.05, 0) is 84.1 Å². The molecule has 0 saturated heterocycles. The minimum absolute atomic E-state index is 0.0241. The third kappa shape index (κ3) is 8.23. The van der Waals surface area contributed by atoms with E-state index in [2.05, 4.69) is 76.6 Å². The lowest BCUT2D eigenvalue weighted by Gasteiger charge is -2.32. The van der Waals surface area contributed by atoms with E-state index < -0.39 is 11.7 Å². The summed E-state index contributed by atoms with van der Waals surface area (Å²) in [6.45, 7) is 1.40. The fourth-order valence-corrected chi connectivity index (χ4v) is 6.68. The first-order chi connectivity index (χ1) is 22.0. The number of alkyl halides is 3. The number of nitrogens with two attached hydrogens (primary N) is 1. The second-order valence-electron chi connectivity index (χ2n) is 12.5. The molecule has 0 amide bonds. The van der Waals surface area contributed by atoms with Crippen molar-refractivity contribution in [1.29, 1.82) is 0 Å². The summed E-state index contributed by atoms with van der Waals surface area (Å²) in [7, 11) is 6.07. The molecule has 0 radical (unpaired) electrons.